The summed E-state index contributed by atoms with van der Waals surface area (Å²) in [5, 5.41) is 23.6. The standard InChI is InChI=1S/C23H26N4O3/c1-11-13(3)18(7-5-16(11)24)26-22-15(10-28)23(21(30)9-20(22)29)27-19-8-6-17(25)12(2)14(19)4/h5-9,26,28,30H,10,24-25H2,1-4H3. The number of nitrogens with zero attached hydrogens (tertiary/aromatic N) is 1. The maximum atomic E-state index is 12.6. The summed E-state index contributed by atoms with van der Waals surface area (Å²) < 4.78 is 0. The van der Waals surface area contributed by atoms with Crippen LogP contribution in [0.25, 0.3) is 0 Å². The zero-order chi connectivity index (χ0) is 22.2. The normalized spacial score (nSPS) is 15.6. The third kappa shape index (κ3) is 3.67. The van der Waals surface area contributed by atoms with Gasteiger partial charge >= 0.3 is 0 Å². The van der Waals surface area contributed by atoms with Crippen molar-refractivity contribution in [2.45, 2.75) is 27.7 Å². The van der Waals surface area contributed by atoms with Gasteiger partial charge in [0.1, 0.15) is 11.5 Å². The van der Waals surface area contributed by atoms with E-state index in [1.807, 2.05) is 27.7 Å². The Hall–Kier alpha value is -3.58. The lowest BCUT2D eigenvalue weighted by Crippen LogP contribution is -2.26. The number of allylic oxidation sites excluding steroid dienone is 2. The van der Waals surface area contributed by atoms with Gasteiger partial charge < -0.3 is 27.0 Å². The molecule has 3 rings (SSSR count). The van der Waals surface area contributed by atoms with Crippen molar-refractivity contribution in [3.05, 3.63) is 69.6 Å². The first-order valence-electron chi connectivity index (χ1n) is 9.52. The molecule has 0 unspecified atom stereocenters. The van der Waals surface area contributed by atoms with E-state index >= 15 is 0 Å². The molecule has 2 aromatic carbocycles. The Bertz CT molecular complexity index is 1140. The largest absolute Gasteiger partial charge is 0.506 e. The first kappa shape index (κ1) is 21.1. The van der Waals surface area contributed by atoms with Gasteiger partial charge in [-0.1, -0.05) is 0 Å². The van der Waals surface area contributed by atoms with Gasteiger partial charge in [-0.25, -0.2) is 4.99 Å². The van der Waals surface area contributed by atoms with Crippen LogP contribution >= 0.6 is 0 Å². The summed E-state index contributed by atoms with van der Waals surface area (Å²) >= 11 is 0. The topological polar surface area (TPSA) is 134 Å². The summed E-state index contributed by atoms with van der Waals surface area (Å²) in [4.78, 5) is 17.2. The number of carbonyl (C=O) groups is 1. The lowest BCUT2D eigenvalue weighted by atomic mass is 9.96. The van der Waals surface area contributed by atoms with E-state index in [9.17, 15) is 15.0 Å². The number of rotatable bonds is 4. The van der Waals surface area contributed by atoms with Crippen LogP contribution in [0.15, 0.2) is 52.4 Å². The minimum Gasteiger partial charge on any atom is -0.506 e. The van der Waals surface area contributed by atoms with Gasteiger partial charge in [0, 0.05) is 28.7 Å². The number of hydrogen-bond donors (Lipinski definition) is 5. The van der Waals surface area contributed by atoms with Crippen molar-refractivity contribution in [1.82, 2.24) is 0 Å². The molecule has 7 heteroatoms. The Kier molecular flexibility index (Phi) is 5.67. The monoisotopic (exact) mass is 406 g/mol. The number of hydrogen-bond acceptors (Lipinski definition) is 7. The van der Waals surface area contributed by atoms with Crippen molar-refractivity contribution in [3.8, 4) is 0 Å². The second-order valence-electron chi connectivity index (χ2n) is 7.37. The van der Waals surface area contributed by atoms with Crippen molar-refractivity contribution in [1.29, 1.82) is 0 Å². The maximum Gasteiger partial charge on any atom is 0.206 e. The van der Waals surface area contributed by atoms with Crippen LogP contribution in [-0.4, -0.2) is 28.3 Å². The van der Waals surface area contributed by atoms with E-state index in [1.54, 1.807) is 24.3 Å². The van der Waals surface area contributed by atoms with Gasteiger partial charge in [-0.05, 0) is 74.2 Å². The van der Waals surface area contributed by atoms with Gasteiger partial charge in [-0.15, -0.1) is 0 Å². The maximum absolute atomic E-state index is 12.6. The predicted octanol–water partition coefficient (Wildman–Crippen LogP) is 3.54. The third-order valence-electron chi connectivity index (χ3n) is 5.62. The highest BCUT2D eigenvalue weighted by atomic mass is 16.3. The van der Waals surface area contributed by atoms with Crippen molar-refractivity contribution >= 4 is 34.2 Å². The number of nitrogens with two attached hydrogens (primary N) is 2. The van der Waals surface area contributed by atoms with Crippen LogP contribution in [0.3, 0.4) is 0 Å². The van der Waals surface area contributed by atoms with E-state index in [1.165, 1.54) is 0 Å². The van der Waals surface area contributed by atoms with Gasteiger partial charge in [0.25, 0.3) is 0 Å². The molecule has 0 fully saturated rings. The van der Waals surface area contributed by atoms with E-state index < -0.39 is 12.4 Å². The number of nitrogen functional groups attached to an aromatic ring is 2. The number of aliphatic hydroxyl groups is 2. The van der Waals surface area contributed by atoms with Gasteiger partial charge in [0.05, 0.1) is 18.0 Å². The van der Waals surface area contributed by atoms with E-state index in [-0.39, 0.29) is 22.7 Å². The number of aliphatic imine (C=N–C) groups is 1. The van der Waals surface area contributed by atoms with Crippen molar-refractivity contribution < 1.29 is 15.0 Å². The molecule has 0 spiro atoms. The summed E-state index contributed by atoms with van der Waals surface area (Å²) in [7, 11) is 0. The molecule has 0 bridgehead atoms. The van der Waals surface area contributed by atoms with Gasteiger partial charge in [0.2, 0.25) is 5.78 Å². The van der Waals surface area contributed by atoms with E-state index in [2.05, 4.69) is 10.3 Å². The average Bonchev–Trinajstić information content (AvgIpc) is 2.71. The van der Waals surface area contributed by atoms with E-state index in [0.717, 1.165) is 28.3 Å². The number of carbonyl (C=O) groups excluding carboxylic acids is 1. The van der Waals surface area contributed by atoms with Crippen LogP contribution < -0.4 is 16.8 Å². The molecule has 0 radical (unpaired) electrons. The third-order valence-corrected chi connectivity index (χ3v) is 5.62. The molecule has 0 heterocycles. The number of benzene rings is 2. The Morgan fingerprint density at radius 2 is 1.53 bits per heavy atom. The van der Waals surface area contributed by atoms with Crippen LogP contribution in [0.2, 0.25) is 0 Å². The lowest BCUT2D eigenvalue weighted by molar-refractivity contribution is -0.111. The molecule has 0 aliphatic heterocycles. The minimum absolute atomic E-state index is 0.136. The highest BCUT2D eigenvalue weighted by Gasteiger charge is 2.27. The molecule has 0 saturated heterocycles. The molecule has 7 nitrogen and oxygen atoms in total. The quantitative estimate of drug-likeness (QED) is 0.389. The second kappa shape index (κ2) is 8.04. The summed E-state index contributed by atoms with van der Waals surface area (Å²) in [5.41, 5.74) is 18.5. The zero-order valence-electron chi connectivity index (χ0n) is 17.5. The van der Waals surface area contributed by atoms with E-state index in [0.29, 0.717) is 22.7 Å². The highest BCUT2D eigenvalue weighted by molar-refractivity contribution is 6.25. The van der Waals surface area contributed by atoms with Crippen LogP contribution in [0.1, 0.15) is 22.3 Å². The van der Waals surface area contributed by atoms with Crippen molar-refractivity contribution in [2.75, 3.05) is 23.4 Å². The molecule has 0 atom stereocenters. The molecule has 2 aromatic rings. The molecular weight excluding hydrogens is 380 g/mol. The summed E-state index contributed by atoms with van der Waals surface area (Å²) in [5.74, 6) is -0.747. The molecule has 0 aromatic heterocycles. The van der Waals surface area contributed by atoms with Gasteiger partial charge in [0.15, 0.2) is 0 Å². The molecule has 0 amide bonds. The zero-order valence-corrected chi connectivity index (χ0v) is 17.5. The van der Waals surface area contributed by atoms with Gasteiger partial charge in [-0.3, -0.25) is 4.79 Å². The number of ketones is 1. The molecular formula is C23H26N4O3. The first-order valence-corrected chi connectivity index (χ1v) is 9.52. The van der Waals surface area contributed by atoms with Crippen molar-refractivity contribution in [2.24, 2.45) is 4.99 Å². The average molecular weight is 406 g/mol. The lowest BCUT2D eigenvalue weighted by Gasteiger charge is -2.21. The molecule has 0 saturated carbocycles. The highest BCUT2D eigenvalue weighted by Crippen LogP contribution is 2.31. The van der Waals surface area contributed by atoms with E-state index in [4.69, 9.17) is 11.5 Å². The summed E-state index contributed by atoms with van der Waals surface area (Å²) in [6, 6.07) is 7.00. The summed E-state index contributed by atoms with van der Waals surface area (Å²) in [6.45, 7) is 7.07. The second-order valence-corrected chi connectivity index (χ2v) is 7.37. The molecule has 30 heavy (non-hydrogen) atoms. The summed E-state index contributed by atoms with van der Waals surface area (Å²) in [6.07, 6.45) is 1.10. The molecule has 156 valence electrons. The number of anilines is 3. The van der Waals surface area contributed by atoms with Crippen molar-refractivity contribution in [3.63, 3.8) is 0 Å². The fraction of sp³-hybridized carbons (Fsp3) is 0.217. The number of nitrogens with one attached hydrogen (secondary N) is 1. The number of aliphatic hydroxyl groups excluding tert-OH is 2. The Morgan fingerprint density at radius 3 is 2.17 bits per heavy atom. The van der Waals surface area contributed by atoms with Crippen LogP contribution in [-0.2, 0) is 4.79 Å². The van der Waals surface area contributed by atoms with Crippen LogP contribution in [0.4, 0.5) is 22.7 Å². The fourth-order valence-electron chi connectivity index (χ4n) is 3.28. The minimum atomic E-state index is -0.481. The first-order chi connectivity index (χ1) is 14.1. The Labute approximate surface area is 175 Å². The predicted molar refractivity (Wildman–Crippen MR) is 121 cm³/mol. The Morgan fingerprint density at radius 1 is 0.933 bits per heavy atom. The van der Waals surface area contributed by atoms with Crippen LogP contribution in [0, 0.1) is 27.7 Å². The van der Waals surface area contributed by atoms with Gasteiger partial charge in [-0.2, -0.15) is 0 Å². The molecule has 1 aliphatic carbocycles. The smallest absolute Gasteiger partial charge is 0.206 e. The van der Waals surface area contributed by atoms with Crippen LogP contribution in [0.5, 0.6) is 0 Å². The fourth-order valence-corrected chi connectivity index (χ4v) is 3.28. The molecule has 1 aliphatic rings. The Balaban J connectivity index is 2.14. The SMILES string of the molecule is Cc1c(N)ccc(N=C2C(O)=CC(=O)C(Nc3ccc(N)c(C)c3C)=C2CO)c1C. The molecule has 7 N–H and O–H groups in total.